The molecular weight excluding hydrogens is 296 g/mol. The van der Waals surface area contributed by atoms with Gasteiger partial charge in [-0.05, 0) is 18.9 Å². The highest BCUT2D eigenvalue weighted by Crippen LogP contribution is 2.15. The van der Waals surface area contributed by atoms with Gasteiger partial charge in [0.05, 0.1) is 5.92 Å². The summed E-state index contributed by atoms with van der Waals surface area (Å²) in [7, 11) is 0. The van der Waals surface area contributed by atoms with Crippen LogP contribution in [0.2, 0.25) is 0 Å². The molecule has 0 heterocycles. The lowest BCUT2D eigenvalue weighted by Gasteiger charge is -2.09. The standard InChI is InChI=1S/C22H32O2/c1-3-4-5-6-7-8-9-10-11-12-16-19-24-22(23)20(2)21-17-14-13-15-18-21/h13-15,17-18,20H,3-11,19H2,1-2H3. The number of hydrogen-bond acceptors (Lipinski definition) is 2. The van der Waals surface area contributed by atoms with Crippen LogP contribution in [0.3, 0.4) is 0 Å². The molecule has 132 valence electrons. The zero-order valence-corrected chi connectivity index (χ0v) is 15.4. The highest BCUT2D eigenvalue weighted by atomic mass is 16.5. The Morgan fingerprint density at radius 2 is 1.58 bits per heavy atom. The maximum atomic E-state index is 11.9. The Balaban J connectivity index is 2.03. The summed E-state index contributed by atoms with van der Waals surface area (Å²) in [5.41, 5.74) is 0.981. The van der Waals surface area contributed by atoms with Crippen LogP contribution < -0.4 is 0 Å². The van der Waals surface area contributed by atoms with E-state index >= 15 is 0 Å². The van der Waals surface area contributed by atoms with E-state index in [0.29, 0.717) is 0 Å². The second kappa shape index (κ2) is 13.7. The van der Waals surface area contributed by atoms with Crippen LogP contribution in [0.1, 0.15) is 83.1 Å². The van der Waals surface area contributed by atoms with Gasteiger partial charge in [-0.25, -0.2) is 0 Å². The Hall–Kier alpha value is -1.75. The molecule has 1 unspecified atom stereocenters. The quantitative estimate of drug-likeness (QED) is 0.288. The molecule has 0 radical (unpaired) electrons. The largest absolute Gasteiger partial charge is 0.452 e. The molecule has 0 spiro atoms. The Labute approximate surface area is 148 Å². The molecule has 1 rings (SSSR count). The Morgan fingerprint density at radius 1 is 0.958 bits per heavy atom. The molecular formula is C22H32O2. The summed E-state index contributed by atoms with van der Waals surface area (Å²) in [6, 6.07) is 9.70. The van der Waals surface area contributed by atoms with E-state index in [2.05, 4.69) is 18.8 Å². The molecule has 24 heavy (non-hydrogen) atoms. The van der Waals surface area contributed by atoms with Gasteiger partial charge in [-0.2, -0.15) is 0 Å². The first-order valence-corrected chi connectivity index (χ1v) is 9.43. The molecule has 0 N–H and O–H groups in total. The van der Waals surface area contributed by atoms with Crippen molar-refractivity contribution in [2.75, 3.05) is 6.61 Å². The molecule has 1 atom stereocenters. The van der Waals surface area contributed by atoms with E-state index in [-0.39, 0.29) is 18.5 Å². The van der Waals surface area contributed by atoms with Gasteiger partial charge in [-0.1, -0.05) is 94.0 Å². The first-order valence-electron chi connectivity index (χ1n) is 9.43. The van der Waals surface area contributed by atoms with Crippen LogP contribution in [0, 0.1) is 11.8 Å². The van der Waals surface area contributed by atoms with Gasteiger partial charge in [0.25, 0.3) is 0 Å². The number of ether oxygens (including phenoxy) is 1. The Morgan fingerprint density at radius 3 is 2.25 bits per heavy atom. The van der Waals surface area contributed by atoms with Gasteiger partial charge in [0.15, 0.2) is 6.61 Å². The third kappa shape index (κ3) is 9.40. The van der Waals surface area contributed by atoms with Gasteiger partial charge in [-0.15, -0.1) is 0 Å². The zero-order valence-electron chi connectivity index (χ0n) is 15.4. The fraction of sp³-hybridized carbons (Fsp3) is 0.591. The molecule has 2 nitrogen and oxygen atoms in total. The molecule has 0 aliphatic heterocycles. The fourth-order valence-electron chi connectivity index (χ4n) is 2.60. The average molecular weight is 328 g/mol. The minimum Gasteiger partial charge on any atom is -0.452 e. The molecule has 0 saturated heterocycles. The number of benzene rings is 1. The summed E-state index contributed by atoms with van der Waals surface area (Å²) in [6.07, 6.45) is 11.4. The molecule has 0 amide bonds. The lowest BCUT2D eigenvalue weighted by Crippen LogP contribution is -2.13. The molecule has 0 bridgehead atoms. The molecule has 0 saturated carbocycles. The van der Waals surface area contributed by atoms with E-state index in [0.717, 1.165) is 18.4 Å². The van der Waals surface area contributed by atoms with Crippen molar-refractivity contribution >= 4 is 5.97 Å². The predicted molar refractivity (Wildman–Crippen MR) is 101 cm³/mol. The van der Waals surface area contributed by atoms with Crippen molar-refractivity contribution < 1.29 is 9.53 Å². The maximum Gasteiger partial charge on any atom is 0.314 e. The molecule has 1 aromatic carbocycles. The van der Waals surface area contributed by atoms with Gasteiger partial charge in [-0.3, -0.25) is 4.79 Å². The van der Waals surface area contributed by atoms with Crippen LogP contribution in [-0.4, -0.2) is 12.6 Å². The average Bonchev–Trinajstić information content (AvgIpc) is 2.62. The van der Waals surface area contributed by atoms with Gasteiger partial charge in [0.1, 0.15) is 0 Å². The van der Waals surface area contributed by atoms with Gasteiger partial charge in [0.2, 0.25) is 0 Å². The van der Waals surface area contributed by atoms with Gasteiger partial charge in [0, 0.05) is 6.42 Å². The summed E-state index contributed by atoms with van der Waals surface area (Å²) in [5.74, 6) is 5.61. The van der Waals surface area contributed by atoms with Crippen molar-refractivity contribution in [1.29, 1.82) is 0 Å². The van der Waals surface area contributed by atoms with Crippen molar-refractivity contribution in [3.8, 4) is 11.8 Å². The van der Waals surface area contributed by atoms with Crippen LogP contribution in [0.4, 0.5) is 0 Å². The normalized spacial score (nSPS) is 11.4. The highest BCUT2D eigenvalue weighted by Gasteiger charge is 2.15. The number of unbranched alkanes of at least 4 members (excludes halogenated alkanes) is 8. The number of hydrogen-bond donors (Lipinski definition) is 0. The van der Waals surface area contributed by atoms with E-state index in [1.54, 1.807) is 0 Å². The second-order valence-corrected chi connectivity index (χ2v) is 6.32. The summed E-state index contributed by atoms with van der Waals surface area (Å²) in [5, 5.41) is 0. The van der Waals surface area contributed by atoms with Crippen molar-refractivity contribution in [3.63, 3.8) is 0 Å². The van der Waals surface area contributed by atoms with Crippen molar-refractivity contribution in [3.05, 3.63) is 35.9 Å². The van der Waals surface area contributed by atoms with E-state index < -0.39 is 0 Å². The van der Waals surface area contributed by atoms with Crippen molar-refractivity contribution in [1.82, 2.24) is 0 Å². The monoisotopic (exact) mass is 328 g/mol. The second-order valence-electron chi connectivity index (χ2n) is 6.32. The van der Waals surface area contributed by atoms with Gasteiger partial charge < -0.3 is 4.74 Å². The SMILES string of the molecule is CCCCCCCCCCC#CCOC(=O)C(C)c1ccccc1. The molecule has 0 aliphatic carbocycles. The number of rotatable bonds is 11. The van der Waals surface area contributed by atoms with E-state index in [1.165, 1.54) is 44.9 Å². The topological polar surface area (TPSA) is 26.3 Å². The summed E-state index contributed by atoms with van der Waals surface area (Å²) >= 11 is 0. The number of carbonyl (C=O) groups is 1. The lowest BCUT2D eigenvalue weighted by atomic mass is 10.0. The molecule has 0 aliphatic rings. The van der Waals surface area contributed by atoms with Gasteiger partial charge >= 0.3 is 5.97 Å². The minimum absolute atomic E-state index is 0.201. The van der Waals surface area contributed by atoms with E-state index in [4.69, 9.17) is 4.74 Å². The minimum atomic E-state index is -0.235. The zero-order chi connectivity index (χ0) is 17.5. The number of carbonyl (C=O) groups excluding carboxylic acids is 1. The maximum absolute atomic E-state index is 11.9. The Bertz CT molecular complexity index is 496. The van der Waals surface area contributed by atoms with Crippen LogP contribution >= 0.6 is 0 Å². The molecule has 2 heteroatoms. The molecule has 0 fully saturated rings. The smallest absolute Gasteiger partial charge is 0.314 e. The summed E-state index contributed by atoms with van der Waals surface area (Å²) in [4.78, 5) is 11.9. The van der Waals surface area contributed by atoms with Crippen molar-refractivity contribution in [2.24, 2.45) is 0 Å². The van der Waals surface area contributed by atoms with Crippen LogP contribution in [0.5, 0.6) is 0 Å². The molecule has 1 aromatic rings. The highest BCUT2D eigenvalue weighted by molar-refractivity contribution is 5.77. The summed E-state index contributed by atoms with van der Waals surface area (Å²) in [6.45, 7) is 4.32. The Kier molecular flexibility index (Phi) is 11.6. The fourth-order valence-corrected chi connectivity index (χ4v) is 2.60. The van der Waals surface area contributed by atoms with Crippen LogP contribution in [0.15, 0.2) is 30.3 Å². The predicted octanol–water partition coefficient (Wildman–Crippen LogP) is 5.87. The van der Waals surface area contributed by atoms with Crippen molar-refractivity contribution in [2.45, 2.75) is 77.6 Å². The third-order valence-corrected chi connectivity index (χ3v) is 4.22. The third-order valence-electron chi connectivity index (χ3n) is 4.22. The lowest BCUT2D eigenvalue weighted by molar-refractivity contribution is -0.143. The van der Waals surface area contributed by atoms with Crippen LogP contribution in [-0.2, 0) is 9.53 Å². The van der Waals surface area contributed by atoms with E-state index in [9.17, 15) is 4.79 Å². The van der Waals surface area contributed by atoms with E-state index in [1.807, 2.05) is 37.3 Å². The number of esters is 1. The first kappa shape index (κ1) is 20.3. The molecule has 0 aromatic heterocycles. The summed E-state index contributed by atoms with van der Waals surface area (Å²) < 4.78 is 5.23. The first-order chi connectivity index (χ1) is 11.8. The van der Waals surface area contributed by atoms with Crippen LogP contribution in [0.25, 0.3) is 0 Å².